The molecule has 0 radical (unpaired) electrons. The van der Waals surface area contributed by atoms with E-state index in [1.54, 1.807) is 0 Å². The van der Waals surface area contributed by atoms with Crippen LogP contribution in [0.25, 0.3) is 11.1 Å². The maximum Gasteiger partial charge on any atom is 0.0314 e. The molecule has 118 valence electrons. The van der Waals surface area contributed by atoms with Gasteiger partial charge in [0.25, 0.3) is 0 Å². The van der Waals surface area contributed by atoms with Gasteiger partial charge in [0.05, 0.1) is 0 Å². The van der Waals surface area contributed by atoms with E-state index in [9.17, 15) is 0 Å². The first-order valence-electron chi connectivity index (χ1n) is 8.58. The molecule has 0 saturated carbocycles. The third kappa shape index (κ3) is 2.72. The molecule has 2 aliphatic carbocycles. The molecule has 4 rings (SSSR count). The zero-order valence-electron chi connectivity index (χ0n) is 14.7. The normalized spacial score (nSPS) is 16.0. The first-order valence-corrected chi connectivity index (χ1v) is 9.09. The Bertz CT molecular complexity index is 683. The standard InChI is InChI=1S/C17H16S.2C2H6/c1-9-3-11-7-12-5-10(2)6-14-15(18)8-13(4-9)16(11)17(12)14;2*1-2/h3-6,15,18H,7-8H2,1-2H3;2*1-2H3. The first kappa shape index (κ1) is 17.1. The molecule has 2 aliphatic rings. The van der Waals surface area contributed by atoms with E-state index in [-0.39, 0.29) is 0 Å². The van der Waals surface area contributed by atoms with Crippen LogP contribution in [0.5, 0.6) is 0 Å². The van der Waals surface area contributed by atoms with Crippen LogP contribution < -0.4 is 0 Å². The predicted molar refractivity (Wildman–Crippen MR) is 102 cm³/mol. The molecular formula is C21H28S. The van der Waals surface area contributed by atoms with Gasteiger partial charge in [-0.3, -0.25) is 0 Å². The Morgan fingerprint density at radius 3 is 1.91 bits per heavy atom. The van der Waals surface area contributed by atoms with Gasteiger partial charge in [0.2, 0.25) is 0 Å². The second-order valence-electron chi connectivity index (χ2n) is 5.74. The Labute approximate surface area is 141 Å². The summed E-state index contributed by atoms with van der Waals surface area (Å²) < 4.78 is 0. The van der Waals surface area contributed by atoms with Gasteiger partial charge in [0.15, 0.2) is 0 Å². The van der Waals surface area contributed by atoms with Gasteiger partial charge in [0.1, 0.15) is 0 Å². The van der Waals surface area contributed by atoms with Crippen molar-refractivity contribution in [1.29, 1.82) is 0 Å². The number of hydrogen-bond acceptors (Lipinski definition) is 1. The highest BCUT2D eigenvalue weighted by Crippen LogP contribution is 2.49. The van der Waals surface area contributed by atoms with Crippen LogP contribution in [0.2, 0.25) is 0 Å². The van der Waals surface area contributed by atoms with Gasteiger partial charge in [0, 0.05) is 5.25 Å². The van der Waals surface area contributed by atoms with Crippen LogP contribution in [0.15, 0.2) is 24.3 Å². The van der Waals surface area contributed by atoms with Crippen molar-refractivity contribution >= 4 is 12.6 Å². The average Bonchev–Trinajstić information content (AvgIpc) is 2.87. The van der Waals surface area contributed by atoms with Crippen molar-refractivity contribution in [2.24, 2.45) is 0 Å². The second-order valence-corrected chi connectivity index (χ2v) is 6.37. The van der Waals surface area contributed by atoms with E-state index in [1.165, 1.54) is 44.5 Å². The Kier molecular flexibility index (Phi) is 5.39. The zero-order chi connectivity index (χ0) is 16.4. The van der Waals surface area contributed by atoms with Crippen molar-refractivity contribution in [3.63, 3.8) is 0 Å². The van der Waals surface area contributed by atoms with Crippen LogP contribution in [0, 0.1) is 13.8 Å². The summed E-state index contributed by atoms with van der Waals surface area (Å²) in [7, 11) is 0. The minimum atomic E-state index is 0.360. The molecular weight excluding hydrogens is 284 g/mol. The second kappa shape index (κ2) is 6.91. The highest BCUT2D eigenvalue weighted by atomic mass is 32.1. The number of rotatable bonds is 0. The van der Waals surface area contributed by atoms with E-state index in [4.69, 9.17) is 12.6 Å². The monoisotopic (exact) mass is 312 g/mol. The fraction of sp³-hybridized carbons (Fsp3) is 0.429. The van der Waals surface area contributed by atoms with Gasteiger partial charge in [-0.25, -0.2) is 0 Å². The van der Waals surface area contributed by atoms with Gasteiger partial charge in [-0.1, -0.05) is 63.1 Å². The first-order chi connectivity index (χ1) is 10.6. The maximum absolute atomic E-state index is 4.82. The molecule has 0 nitrogen and oxygen atoms in total. The predicted octanol–water partition coefficient (Wildman–Crippen LogP) is 6.45. The van der Waals surface area contributed by atoms with E-state index < -0.39 is 0 Å². The van der Waals surface area contributed by atoms with E-state index in [2.05, 4.69) is 38.1 Å². The third-order valence-electron chi connectivity index (χ3n) is 4.24. The smallest absolute Gasteiger partial charge is 0.0314 e. The molecule has 1 heteroatoms. The molecule has 0 N–H and O–H groups in total. The number of thiol groups is 1. The quantitative estimate of drug-likeness (QED) is 0.453. The molecule has 0 bridgehead atoms. The van der Waals surface area contributed by atoms with Crippen molar-refractivity contribution in [1.82, 2.24) is 0 Å². The van der Waals surface area contributed by atoms with Gasteiger partial charge >= 0.3 is 0 Å². The van der Waals surface area contributed by atoms with Crippen molar-refractivity contribution < 1.29 is 0 Å². The SMILES string of the molecule is CC.CC.Cc1cc2c3c(c1)CC(S)c1cc(C)cc(c1-3)C2. The van der Waals surface area contributed by atoms with Crippen LogP contribution in [-0.4, -0.2) is 0 Å². The highest BCUT2D eigenvalue weighted by molar-refractivity contribution is 7.80. The summed E-state index contributed by atoms with van der Waals surface area (Å²) in [6.45, 7) is 12.4. The minimum Gasteiger partial charge on any atom is -0.171 e. The molecule has 0 heterocycles. The molecule has 1 unspecified atom stereocenters. The summed E-state index contributed by atoms with van der Waals surface area (Å²) in [4.78, 5) is 0. The Morgan fingerprint density at radius 1 is 0.773 bits per heavy atom. The third-order valence-corrected chi connectivity index (χ3v) is 4.70. The van der Waals surface area contributed by atoms with Crippen LogP contribution in [-0.2, 0) is 12.8 Å². The summed E-state index contributed by atoms with van der Waals surface area (Å²) >= 11 is 4.82. The lowest BCUT2D eigenvalue weighted by atomic mass is 9.84. The van der Waals surface area contributed by atoms with Crippen LogP contribution >= 0.6 is 12.6 Å². The Morgan fingerprint density at radius 2 is 1.27 bits per heavy atom. The summed E-state index contributed by atoms with van der Waals surface area (Å²) in [5.74, 6) is 0. The van der Waals surface area contributed by atoms with Crippen molar-refractivity contribution in [2.75, 3.05) is 0 Å². The zero-order valence-corrected chi connectivity index (χ0v) is 15.6. The average molecular weight is 313 g/mol. The Balaban J connectivity index is 0.000000410. The van der Waals surface area contributed by atoms with Gasteiger partial charge in [-0.15, -0.1) is 0 Å². The number of hydrogen-bond donors (Lipinski definition) is 1. The van der Waals surface area contributed by atoms with Crippen molar-refractivity contribution in [2.45, 2.75) is 59.6 Å². The number of benzene rings is 2. The largest absolute Gasteiger partial charge is 0.171 e. The van der Waals surface area contributed by atoms with Crippen molar-refractivity contribution in [3.8, 4) is 11.1 Å². The lowest BCUT2D eigenvalue weighted by Crippen LogP contribution is -2.07. The number of aryl methyl sites for hydroxylation is 2. The molecule has 0 fully saturated rings. The Hall–Kier alpha value is -1.21. The van der Waals surface area contributed by atoms with E-state index in [0.29, 0.717) is 5.25 Å². The molecule has 2 aromatic carbocycles. The summed E-state index contributed by atoms with van der Waals surface area (Å²) in [5.41, 5.74) is 11.8. The lowest BCUT2D eigenvalue weighted by molar-refractivity contribution is 0.920. The molecule has 0 aliphatic heterocycles. The van der Waals surface area contributed by atoms with E-state index >= 15 is 0 Å². The van der Waals surface area contributed by atoms with Crippen LogP contribution in [0.1, 0.15) is 66.3 Å². The van der Waals surface area contributed by atoms with Gasteiger partial charge in [-0.05, 0) is 60.1 Å². The molecule has 22 heavy (non-hydrogen) atoms. The van der Waals surface area contributed by atoms with Crippen LogP contribution in [0.3, 0.4) is 0 Å². The van der Waals surface area contributed by atoms with E-state index in [0.717, 1.165) is 12.8 Å². The minimum absolute atomic E-state index is 0.360. The lowest BCUT2D eigenvalue weighted by Gasteiger charge is -2.25. The van der Waals surface area contributed by atoms with Gasteiger partial charge < -0.3 is 0 Å². The summed E-state index contributed by atoms with van der Waals surface area (Å²) in [6.07, 6.45) is 2.18. The fourth-order valence-corrected chi connectivity index (χ4v) is 4.09. The highest BCUT2D eigenvalue weighted by Gasteiger charge is 2.31. The molecule has 0 amide bonds. The van der Waals surface area contributed by atoms with Gasteiger partial charge in [-0.2, -0.15) is 12.6 Å². The fourth-order valence-electron chi connectivity index (χ4n) is 3.69. The molecule has 0 aromatic heterocycles. The van der Waals surface area contributed by atoms with Crippen LogP contribution in [0.4, 0.5) is 0 Å². The summed E-state index contributed by atoms with van der Waals surface area (Å²) in [5, 5.41) is 0.360. The summed E-state index contributed by atoms with van der Waals surface area (Å²) in [6, 6.07) is 9.38. The topological polar surface area (TPSA) is 0 Å². The maximum atomic E-state index is 4.82. The van der Waals surface area contributed by atoms with Crippen molar-refractivity contribution in [3.05, 3.63) is 57.6 Å². The molecule has 2 aromatic rings. The molecule has 0 saturated heterocycles. The molecule has 0 spiro atoms. The molecule has 1 atom stereocenters. The van der Waals surface area contributed by atoms with E-state index in [1.807, 2.05) is 27.7 Å².